The van der Waals surface area contributed by atoms with Gasteiger partial charge in [-0.25, -0.2) is 0 Å². The van der Waals surface area contributed by atoms with Crippen molar-refractivity contribution in [3.63, 3.8) is 0 Å². The fraction of sp³-hybridized carbons (Fsp3) is 0.162. The quantitative estimate of drug-likeness (QED) is 0.176. The molecule has 3 heterocycles. The highest BCUT2D eigenvalue weighted by atomic mass is 16.5. The van der Waals surface area contributed by atoms with E-state index in [4.69, 9.17) is 18.3 Å². The number of aryl methyl sites for hydroxylation is 1. The van der Waals surface area contributed by atoms with Crippen molar-refractivity contribution in [1.82, 2.24) is 4.90 Å². The molecule has 0 unspecified atom stereocenters. The average molecular weight is 600 g/mol. The van der Waals surface area contributed by atoms with E-state index >= 15 is 0 Å². The normalized spacial score (nSPS) is 13.3. The van der Waals surface area contributed by atoms with E-state index in [1.54, 1.807) is 41.3 Å². The largest absolute Gasteiger partial charge is 0.484 e. The van der Waals surface area contributed by atoms with Crippen LogP contribution >= 0.6 is 0 Å². The Morgan fingerprint density at radius 1 is 0.733 bits per heavy atom. The number of furan rings is 2. The van der Waals surface area contributed by atoms with Gasteiger partial charge in [0, 0.05) is 40.7 Å². The van der Waals surface area contributed by atoms with Crippen LogP contribution in [-0.4, -0.2) is 55.3 Å². The standard InChI is InChI=1S/C37H29NO7/c1-23-28-16-17-29-32(36(28)45-35(23)33(40)25-10-6-3-7-11-25)31(24-8-4-2-5-9-24)37(44-29)34(41)26-12-14-27(15-13-26)43-22-30(39)38-18-20-42-21-19-38/h2-17H,18-22H2,1H3. The maximum absolute atomic E-state index is 14.0. The van der Waals surface area contributed by atoms with Gasteiger partial charge in [0.25, 0.3) is 5.91 Å². The summed E-state index contributed by atoms with van der Waals surface area (Å²) in [5.41, 5.74) is 3.96. The van der Waals surface area contributed by atoms with E-state index in [1.807, 2.05) is 67.6 Å². The van der Waals surface area contributed by atoms with E-state index in [1.165, 1.54) is 0 Å². The van der Waals surface area contributed by atoms with Crippen LogP contribution in [0.2, 0.25) is 0 Å². The molecule has 2 aromatic heterocycles. The Morgan fingerprint density at radius 2 is 1.38 bits per heavy atom. The number of hydrogen-bond acceptors (Lipinski definition) is 7. The Labute approximate surface area is 258 Å². The van der Waals surface area contributed by atoms with Crippen molar-refractivity contribution in [2.45, 2.75) is 6.92 Å². The van der Waals surface area contributed by atoms with Gasteiger partial charge in [-0.3, -0.25) is 14.4 Å². The van der Waals surface area contributed by atoms with E-state index in [-0.39, 0.29) is 35.6 Å². The highest BCUT2D eigenvalue weighted by Crippen LogP contribution is 2.42. The molecule has 8 heteroatoms. The molecule has 1 aliphatic rings. The van der Waals surface area contributed by atoms with E-state index in [2.05, 4.69) is 0 Å². The zero-order chi connectivity index (χ0) is 30.9. The van der Waals surface area contributed by atoms with Gasteiger partial charge in [-0.05, 0) is 48.9 Å². The van der Waals surface area contributed by atoms with Crippen molar-refractivity contribution < 1.29 is 32.7 Å². The fourth-order valence-corrected chi connectivity index (χ4v) is 5.72. The number of benzene rings is 4. The minimum Gasteiger partial charge on any atom is -0.484 e. The van der Waals surface area contributed by atoms with E-state index in [0.717, 1.165) is 16.5 Å². The lowest BCUT2D eigenvalue weighted by atomic mass is 9.96. The van der Waals surface area contributed by atoms with Crippen LogP contribution in [0.5, 0.6) is 5.75 Å². The summed E-state index contributed by atoms with van der Waals surface area (Å²) in [7, 11) is 0. The molecule has 0 bridgehead atoms. The highest BCUT2D eigenvalue weighted by Gasteiger charge is 2.28. The number of rotatable bonds is 8. The van der Waals surface area contributed by atoms with Crippen LogP contribution < -0.4 is 4.74 Å². The summed E-state index contributed by atoms with van der Waals surface area (Å²) in [5, 5.41) is 1.39. The zero-order valence-corrected chi connectivity index (χ0v) is 24.6. The number of ether oxygens (including phenoxy) is 2. The van der Waals surface area contributed by atoms with Gasteiger partial charge >= 0.3 is 0 Å². The third-order valence-corrected chi connectivity index (χ3v) is 8.11. The monoisotopic (exact) mass is 599 g/mol. The molecular formula is C37H29NO7. The lowest BCUT2D eigenvalue weighted by Crippen LogP contribution is -2.42. The Balaban J connectivity index is 1.25. The molecule has 224 valence electrons. The van der Waals surface area contributed by atoms with E-state index in [0.29, 0.717) is 65.3 Å². The summed E-state index contributed by atoms with van der Waals surface area (Å²) >= 11 is 0. The summed E-state index contributed by atoms with van der Waals surface area (Å²) in [6.45, 7) is 3.90. The molecule has 1 aliphatic heterocycles. The molecule has 45 heavy (non-hydrogen) atoms. The van der Waals surface area contributed by atoms with Gasteiger partial charge in [0.1, 0.15) is 16.9 Å². The number of morpholine rings is 1. The second-order valence-electron chi connectivity index (χ2n) is 10.9. The van der Waals surface area contributed by atoms with E-state index in [9.17, 15) is 14.4 Å². The number of fused-ring (bicyclic) bond motifs is 3. The predicted molar refractivity (Wildman–Crippen MR) is 169 cm³/mol. The number of hydrogen-bond donors (Lipinski definition) is 0. The van der Waals surface area contributed by atoms with Crippen molar-refractivity contribution in [3.8, 4) is 16.9 Å². The maximum atomic E-state index is 14.0. The summed E-state index contributed by atoms with van der Waals surface area (Å²) in [5.74, 6) is 0.237. The first-order chi connectivity index (χ1) is 22.0. The second-order valence-corrected chi connectivity index (χ2v) is 10.9. The van der Waals surface area contributed by atoms with Crippen LogP contribution in [0.1, 0.15) is 37.8 Å². The number of amides is 1. The second kappa shape index (κ2) is 11.9. The van der Waals surface area contributed by atoms with Crippen molar-refractivity contribution in [2.75, 3.05) is 32.9 Å². The van der Waals surface area contributed by atoms with Gasteiger partial charge in [-0.15, -0.1) is 0 Å². The fourth-order valence-electron chi connectivity index (χ4n) is 5.72. The molecule has 1 fully saturated rings. The Morgan fingerprint density at radius 3 is 2.09 bits per heavy atom. The first kappa shape index (κ1) is 28.3. The van der Waals surface area contributed by atoms with Gasteiger partial charge in [0.05, 0.1) is 18.6 Å². The number of ketones is 2. The summed E-state index contributed by atoms with van der Waals surface area (Å²) in [6, 6.07) is 28.8. The summed E-state index contributed by atoms with van der Waals surface area (Å²) < 4.78 is 23.6. The first-order valence-corrected chi connectivity index (χ1v) is 14.8. The molecule has 0 radical (unpaired) electrons. The van der Waals surface area contributed by atoms with Crippen LogP contribution in [0.25, 0.3) is 33.1 Å². The van der Waals surface area contributed by atoms with Crippen molar-refractivity contribution >= 4 is 39.4 Å². The SMILES string of the molecule is Cc1c(C(=O)c2ccccc2)oc2c1ccc1oc(C(=O)c3ccc(OCC(=O)N4CCOCC4)cc3)c(-c3ccccc3)c12. The molecular weight excluding hydrogens is 570 g/mol. The van der Waals surface area contributed by atoms with Gasteiger partial charge < -0.3 is 23.2 Å². The number of carbonyl (C=O) groups excluding carboxylic acids is 3. The van der Waals surface area contributed by atoms with Gasteiger partial charge in [-0.1, -0.05) is 60.7 Å². The molecule has 6 aromatic rings. The molecule has 1 amide bonds. The third kappa shape index (κ3) is 5.30. The summed E-state index contributed by atoms with van der Waals surface area (Å²) in [6.07, 6.45) is 0. The lowest BCUT2D eigenvalue weighted by Gasteiger charge is -2.26. The Hall–Kier alpha value is -5.47. The topological polar surface area (TPSA) is 99.2 Å². The molecule has 0 atom stereocenters. The molecule has 0 N–H and O–H groups in total. The molecule has 7 rings (SSSR count). The maximum Gasteiger partial charge on any atom is 0.260 e. The van der Waals surface area contributed by atoms with Crippen LogP contribution in [0.4, 0.5) is 0 Å². The van der Waals surface area contributed by atoms with Crippen LogP contribution in [0.15, 0.2) is 106 Å². The molecule has 8 nitrogen and oxygen atoms in total. The molecule has 0 spiro atoms. The van der Waals surface area contributed by atoms with Crippen LogP contribution in [0.3, 0.4) is 0 Å². The average Bonchev–Trinajstić information content (AvgIpc) is 3.66. The Kier molecular flexibility index (Phi) is 7.49. The van der Waals surface area contributed by atoms with Crippen LogP contribution in [-0.2, 0) is 9.53 Å². The molecule has 4 aromatic carbocycles. The Bertz CT molecular complexity index is 2030. The van der Waals surface area contributed by atoms with Gasteiger partial charge in [0.15, 0.2) is 18.1 Å². The molecule has 0 aliphatic carbocycles. The van der Waals surface area contributed by atoms with Gasteiger partial charge in [0.2, 0.25) is 11.6 Å². The van der Waals surface area contributed by atoms with Crippen molar-refractivity contribution in [1.29, 1.82) is 0 Å². The van der Waals surface area contributed by atoms with Crippen molar-refractivity contribution in [2.24, 2.45) is 0 Å². The molecule has 1 saturated heterocycles. The predicted octanol–water partition coefficient (Wildman–Crippen LogP) is 6.85. The summed E-state index contributed by atoms with van der Waals surface area (Å²) in [4.78, 5) is 41.6. The minimum absolute atomic E-state index is 0.0949. The minimum atomic E-state index is -0.321. The molecule has 0 saturated carbocycles. The smallest absolute Gasteiger partial charge is 0.260 e. The first-order valence-electron chi connectivity index (χ1n) is 14.8. The van der Waals surface area contributed by atoms with E-state index < -0.39 is 0 Å². The van der Waals surface area contributed by atoms with Crippen molar-refractivity contribution in [3.05, 3.63) is 125 Å². The van der Waals surface area contributed by atoms with Crippen LogP contribution in [0, 0.1) is 6.92 Å². The highest BCUT2D eigenvalue weighted by molar-refractivity contribution is 6.21. The lowest BCUT2D eigenvalue weighted by molar-refractivity contribution is -0.137. The third-order valence-electron chi connectivity index (χ3n) is 8.11. The number of carbonyl (C=O) groups is 3. The van der Waals surface area contributed by atoms with Gasteiger partial charge in [-0.2, -0.15) is 0 Å². The zero-order valence-electron chi connectivity index (χ0n) is 24.6. The number of nitrogens with zero attached hydrogens (tertiary/aromatic N) is 1.